The van der Waals surface area contributed by atoms with Gasteiger partial charge in [0.1, 0.15) is 5.69 Å². The van der Waals surface area contributed by atoms with Crippen molar-refractivity contribution in [3.8, 4) is 11.5 Å². The van der Waals surface area contributed by atoms with Crippen molar-refractivity contribution in [2.24, 2.45) is 0 Å². The van der Waals surface area contributed by atoms with Gasteiger partial charge in [-0.25, -0.2) is 4.98 Å². The Kier molecular flexibility index (Phi) is 4.00. The lowest BCUT2D eigenvalue weighted by atomic mass is 10.3. The molecule has 0 unspecified atom stereocenters. The van der Waals surface area contributed by atoms with Crippen LogP contribution in [0.4, 0.5) is 0 Å². The van der Waals surface area contributed by atoms with Crippen LogP contribution >= 0.6 is 0 Å². The summed E-state index contributed by atoms with van der Waals surface area (Å²) < 4.78 is 3.92. The molecule has 0 atom stereocenters. The average Bonchev–Trinajstić information content (AvgIpc) is 3.29. The summed E-state index contributed by atoms with van der Waals surface area (Å²) in [7, 11) is 0. The lowest BCUT2D eigenvalue weighted by Gasteiger charge is -2.08. The number of amides is 1. The molecular weight excluding hydrogens is 314 g/mol. The third-order valence-corrected chi connectivity index (χ3v) is 4.01. The van der Waals surface area contributed by atoms with Gasteiger partial charge < -0.3 is 14.3 Å². The van der Waals surface area contributed by atoms with Gasteiger partial charge in [0.2, 0.25) is 0 Å². The fourth-order valence-corrected chi connectivity index (χ4v) is 2.79. The molecule has 0 aliphatic heterocycles. The van der Waals surface area contributed by atoms with Crippen LogP contribution in [-0.2, 0) is 6.54 Å². The van der Waals surface area contributed by atoms with Crippen molar-refractivity contribution in [3.63, 3.8) is 0 Å². The van der Waals surface area contributed by atoms with Gasteiger partial charge in [-0.15, -0.1) is 0 Å². The van der Waals surface area contributed by atoms with Crippen molar-refractivity contribution < 1.29 is 4.79 Å². The van der Waals surface area contributed by atoms with E-state index in [1.807, 2.05) is 70.0 Å². The number of carbonyl (C=O) groups is 1. The van der Waals surface area contributed by atoms with E-state index in [2.05, 4.69) is 15.3 Å². The molecule has 0 radical (unpaired) electrons. The predicted octanol–water partition coefficient (Wildman–Crippen LogP) is 2.63. The van der Waals surface area contributed by atoms with Crippen LogP contribution in [0.1, 0.15) is 10.4 Å². The van der Waals surface area contributed by atoms with Crippen LogP contribution in [0.25, 0.3) is 17.0 Å². The Bertz CT molecular complexity index is 970. The topological polar surface area (TPSA) is 64.2 Å². The third-order valence-electron chi connectivity index (χ3n) is 4.01. The number of nitrogens with zero attached hydrogens (tertiary/aromatic N) is 4. The normalized spacial score (nSPS) is 10.9. The minimum absolute atomic E-state index is 0.0804. The molecule has 0 aliphatic rings. The maximum atomic E-state index is 12.3. The van der Waals surface area contributed by atoms with Crippen LogP contribution in [0, 0.1) is 0 Å². The van der Waals surface area contributed by atoms with E-state index in [-0.39, 0.29) is 5.91 Å². The van der Waals surface area contributed by atoms with Crippen molar-refractivity contribution in [3.05, 3.63) is 79.0 Å². The zero-order valence-electron chi connectivity index (χ0n) is 13.5. The van der Waals surface area contributed by atoms with E-state index in [1.165, 1.54) is 0 Å². The number of rotatable bonds is 5. The molecule has 6 nitrogen and oxygen atoms in total. The third kappa shape index (κ3) is 3.14. The summed E-state index contributed by atoms with van der Waals surface area (Å²) in [4.78, 5) is 21.0. The number of aromatic nitrogens is 4. The molecule has 4 aromatic heterocycles. The maximum absolute atomic E-state index is 12.3. The fraction of sp³-hybridized carbons (Fsp3) is 0.105. The lowest BCUT2D eigenvalue weighted by molar-refractivity contribution is 0.0952. The first-order valence-corrected chi connectivity index (χ1v) is 8.09. The van der Waals surface area contributed by atoms with E-state index < -0.39 is 0 Å². The molecule has 4 rings (SSSR count). The highest BCUT2D eigenvalue weighted by Crippen LogP contribution is 2.13. The number of imidazole rings is 1. The largest absolute Gasteiger partial charge is 0.350 e. The molecule has 25 heavy (non-hydrogen) atoms. The summed E-state index contributed by atoms with van der Waals surface area (Å²) in [6.07, 6.45) is 9.14. The molecule has 4 heterocycles. The molecule has 6 heteroatoms. The van der Waals surface area contributed by atoms with Crippen molar-refractivity contribution in [2.45, 2.75) is 6.54 Å². The highest BCUT2D eigenvalue weighted by atomic mass is 16.1. The van der Waals surface area contributed by atoms with Crippen LogP contribution in [0.5, 0.6) is 0 Å². The second kappa shape index (κ2) is 6.60. The zero-order valence-corrected chi connectivity index (χ0v) is 13.5. The van der Waals surface area contributed by atoms with E-state index in [1.54, 1.807) is 12.4 Å². The molecule has 0 aromatic carbocycles. The van der Waals surface area contributed by atoms with Crippen LogP contribution in [0.15, 0.2) is 73.4 Å². The summed E-state index contributed by atoms with van der Waals surface area (Å²) >= 11 is 0. The lowest BCUT2D eigenvalue weighted by Crippen LogP contribution is -2.27. The first-order valence-electron chi connectivity index (χ1n) is 8.09. The Hall–Kier alpha value is -3.41. The molecular formula is C19H17N5O. The van der Waals surface area contributed by atoms with E-state index in [0.29, 0.717) is 18.7 Å². The SMILES string of the molecule is O=C(NCCn1ccnc1-c1ccccn1)c1cc2ccccn2c1. The fourth-order valence-electron chi connectivity index (χ4n) is 2.79. The first-order chi connectivity index (χ1) is 12.3. The molecule has 1 amide bonds. The number of hydrogen-bond donors (Lipinski definition) is 1. The van der Waals surface area contributed by atoms with Crippen molar-refractivity contribution >= 4 is 11.4 Å². The number of pyridine rings is 2. The Morgan fingerprint density at radius 3 is 2.80 bits per heavy atom. The van der Waals surface area contributed by atoms with E-state index in [0.717, 1.165) is 17.0 Å². The van der Waals surface area contributed by atoms with Gasteiger partial charge in [-0.2, -0.15) is 0 Å². The van der Waals surface area contributed by atoms with E-state index in [4.69, 9.17) is 0 Å². The van der Waals surface area contributed by atoms with Gasteiger partial charge in [0.25, 0.3) is 5.91 Å². The molecule has 4 aromatic rings. The van der Waals surface area contributed by atoms with Crippen LogP contribution in [0.2, 0.25) is 0 Å². The molecule has 0 aliphatic carbocycles. The second-order valence-electron chi connectivity index (χ2n) is 5.68. The monoisotopic (exact) mass is 331 g/mol. The Morgan fingerprint density at radius 1 is 1.04 bits per heavy atom. The van der Waals surface area contributed by atoms with Gasteiger partial charge in [0, 0.05) is 49.6 Å². The Labute approximate surface area is 144 Å². The van der Waals surface area contributed by atoms with Gasteiger partial charge in [-0.3, -0.25) is 9.78 Å². The van der Waals surface area contributed by atoms with Crippen LogP contribution in [-0.4, -0.2) is 31.4 Å². The minimum atomic E-state index is -0.0804. The summed E-state index contributed by atoms with van der Waals surface area (Å²) in [5.41, 5.74) is 2.47. The molecule has 0 bridgehead atoms. The highest BCUT2D eigenvalue weighted by molar-refractivity contribution is 5.95. The standard InChI is InChI=1S/C19H17N5O/c25-19(15-13-16-5-2-4-10-24(16)14-15)22-9-12-23-11-8-21-18(23)17-6-1-3-7-20-17/h1-8,10-11,13-14H,9,12H2,(H,22,25). The Balaban J connectivity index is 1.41. The van der Waals surface area contributed by atoms with Crippen molar-refractivity contribution in [1.29, 1.82) is 0 Å². The highest BCUT2D eigenvalue weighted by Gasteiger charge is 2.10. The second-order valence-corrected chi connectivity index (χ2v) is 5.68. The molecule has 0 spiro atoms. The quantitative estimate of drug-likeness (QED) is 0.611. The van der Waals surface area contributed by atoms with Gasteiger partial charge in [0.15, 0.2) is 5.82 Å². The first kappa shape index (κ1) is 15.1. The van der Waals surface area contributed by atoms with Gasteiger partial charge in [-0.05, 0) is 30.3 Å². The van der Waals surface area contributed by atoms with Crippen molar-refractivity contribution in [1.82, 2.24) is 24.3 Å². The van der Waals surface area contributed by atoms with E-state index >= 15 is 0 Å². The zero-order chi connectivity index (χ0) is 17.1. The summed E-state index contributed by atoms with van der Waals surface area (Å²) in [6.45, 7) is 1.15. The maximum Gasteiger partial charge on any atom is 0.252 e. The number of fused-ring (bicyclic) bond motifs is 1. The predicted molar refractivity (Wildman–Crippen MR) is 95.2 cm³/mol. The molecule has 1 N–H and O–H groups in total. The molecule has 0 fully saturated rings. The Morgan fingerprint density at radius 2 is 1.96 bits per heavy atom. The van der Waals surface area contributed by atoms with Crippen LogP contribution in [0.3, 0.4) is 0 Å². The number of nitrogens with one attached hydrogen (secondary N) is 1. The smallest absolute Gasteiger partial charge is 0.252 e. The van der Waals surface area contributed by atoms with Crippen LogP contribution < -0.4 is 5.32 Å². The number of carbonyl (C=O) groups excluding carboxylic acids is 1. The summed E-state index contributed by atoms with van der Waals surface area (Å²) in [6, 6.07) is 13.5. The van der Waals surface area contributed by atoms with Gasteiger partial charge in [0.05, 0.1) is 5.56 Å². The van der Waals surface area contributed by atoms with Gasteiger partial charge >= 0.3 is 0 Å². The molecule has 124 valence electrons. The van der Waals surface area contributed by atoms with E-state index in [9.17, 15) is 4.79 Å². The molecule has 0 saturated carbocycles. The average molecular weight is 331 g/mol. The number of hydrogen-bond acceptors (Lipinski definition) is 3. The summed E-state index contributed by atoms with van der Waals surface area (Å²) in [5, 5.41) is 2.96. The van der Waals surface area contributed by atoms with Crippen molar-refractivity contribution in [2.75, 3.05) is 6.54 Å². The molecule has 0 saturated heterocycles. The minimum Gasteiger partial charge on any atom is -0.350 e. The van der Waals surface area contributed by atoms with Gasteiger partial charge in [-0.1, -0.05) is 12.1 Å². The summed E-state index contributed by atoms with van der Waals surface area (Å²) in [5.74, 6) is 0.715.